The highest BCUT2D eigenvalue weighted by Gasteiger charge is 2.09. The van der Waals surface area contributed by atoms with Crippen molar-refractivity contribution in [3.05, 3.63) is 96.1 Å². The first kappa shape index (κ1) is 23.7. The zero-order valence-corrected chi connectivity index (χ0v) is 18.5. The minimum Gasteiger partial charge on any atom is -0.466 e. The second kappa shape index (κ2) is 12.8. The quantitative estimate of drug-likeness (QED) is 0.275. The fourth-order valence-corrected chi connectivity index (χ4v) is 3.28. The van der Waals surface area contributed by atoms with E-state index in [-0.39, 0.29) is 24.7 Å². The molecule has 170 valence electrons. The van der Waals surface area contributed by atoms with Crippen molar-refractivity contribution in [2.45, 2.75) is 32.1 Å². The number of carbonyl (C=O) groups excluding carboxylic acids is 3. The molecule has 3 rings (SSSR count). The lowest BCUT2D eigenvalue weighted by atomic mass is 10.0. The second-order valence-corrected chi connectivity index (χ2v) is 7.61. The summed E-state index contributed by atoms with van der Waals surface area (Å²) in [6, 6.07) is 27.0. The Morgan fingerprint density at radius 3 is 2.00 bits per heavy atom. The van der Waals surface area contributed by atoms with Crippen LogP contribution in [0.1, 0.15) is 41.6 Å². The molecule has 0 saturated heterocycles. The van der Waals surface area contributed by atoms with Crippen LogP contribution in [0.4, 0.5) is 0 Å². The van der Waals surface area contributed by atoms with Crippen molar-refractivity contribution in [1.29, 1.82) is 0 Å². The van der Waals surface area contributed by atoms with Gasteiger partial charge in [-0.3, -0.25) is 25.2 Å². The summed E-state index contributed by atoms with van der Waals surface area (Å²) >= 11 is 0. The molecule has 3 aromatic carbocycles. The Kier molecular flexibility index (Phi) is 9.21. The van der Waals surface area contributed by atoms with Gasteiger partial charge in [-0.25, -0.2) is 0 Å². The van der Waals surface area contributed by atoms with Crippen molar-refractivity contribution >= 4 is 17.8 Å². The van der Waals surface area contributed by atoms with Crippen LogP contribution in [0, 0.1) is 0 Å². The first-order chi connectivity index (χ1) is 16.1. The van der Waals surface area contributed by atoms with E-state index in [2.05, 4.69) is 10.9 Å². The van der Waals surface area contributed by atoms with Gasteiger partial charge in [0.25, 0.3) is 5.91 Å². The largest absolute Gasteiger partial charge is 0.466 e. The highest BCUT2D eigenvalue weighted by molar-refractivity contribution is 5.95. The van der Waals surface area contributed by atoms with Crippen molar-refractivity contribution in [3.63, 3.8) is 0 Å². The maximum atomic E-state index is 12.2. The number of amides is 2. The molecule has 0 radical (unpaired) electrons. The normalized spacial score (nSPS) is 10.3. The van der Waals surface area contributed by atoms with Crippen LogP contribution in [0.2, 0.25) is 0 Å². The zero-order chi connectivity index (χ0) is 23.3. The van der Waals surface area contributed by atoms with Crippen LogP contribution in [0.25, 0.3) is 11.1 Å². The van der Waals surface area contributed by atoms with E-state index in [0.717, 1.165) is 24.0 Å². The number of carbonyl (C=O) groups is 3. The average molecular weight is 445 g/mol. The van der Waals surface area contributed by atoms with E-state index in [0.29, 0.717) is 18.6 Å². The van der Waals surface area contributed by atoms with Gasteiger partial charge >= 0.3 is 5.97 Å². The molecule has 0 aliphatic heterocycles. The molecule has 2 N–H and O–H groups in total. The van der Waals surface area contributed by atoms with Crippen molar-refractivity contribution in [2.24, 2.45) is 0 Å². The molecule has 0 fully saturated rings. The number of aryl methyl sites for hydroxylation is 1. The van der Waals surface area contributed by atoms with Crippen molar-refractivity contribution in [2.75, 3.05) is 6.61 Å². The molecule has 0 aliphatic carbocycles. The van der Waals surface area contributed by atoms with Crippen molar-refractivity contribution < 1.29 is 19.1 Å². The maximum Gasteiger partial charge on any atom is 0.305 e. The lowest BCUT2D eigenvalue weighted by molar-refractivity contribution is -0.143. The second-order valence-electron chi connectivity index (χ2n) is 7.61. The number of hydrogen-bond acceptors (Lipinski definition) is 4. The summed E-state index contributed by atoms with van der Waals surface area (Å²) in [5.74, 6) is -1.08. The predicted molar refractivity (Wildman–Crippen MR) is 127 cm³/mol. The van der Waals surface area contributed by atoms with Crippen LogP contribution in [0.5, 0.6) is 0 Å². The molecule has 6 heteroatoms. The minimum atomic E-state index is -0.402. The Hall–Kier alpha value is -3.93. The third-order valence-corrected chi connectivity index (χ3v) is 5.07. The third-order valence-electron chi connectivity index (χ3n) is 5.07. The standard InChI is InChI=1S/C27H28N2O4/c30-25(14-7-15-26(31)33-20-8-11-21-9-3-1-4-10-21)28-29-27(32)24-18-16-23(17-19-24)22-12-5-2-6-13-22/h1-6,9-10,12-13,16-19H,7-8,11,14-15,20H2,(H,28,30)(H,29,32). The van der Waals surface area contributed by atoms with E-state index in [9.17, 15) is 14.4 Å². The fraction of sp³-hybridized carbons (Fsp3) is 0.222. The first-order valence-electron chi connectivity index (χ1n) is 11.1. The van der Waals surface area contributed by atoms with Crippen molar-refractivity contribution in [3.8, 4) is 11.1 Å². The van der Waals surface area contributed by atoms with Crippen LogP contribution in [0.3, 0.4) is 0 Å². The highest BCUT2D eigenvalue weighted by atomic mass is 16.5. The first-order valence-corrected chi connectivity index (χ1v) is 11.1. The number of hydrazine groups is 1. The summed E-state index contributed by atoms with van der Waals surface area (Å²) in [5.41, 5.74) is 8.49. The van der Waals surface area contributed by atoms with E-state index in [1.807, 2.05) is 72.8 Å². The maximum absolute atomic E-state index is 12.2. The summed E-state index contributed by atoms with van der Waals surface area (Å²) in [5, 5.41) is 0. The van der Waals surface area contributed by atoms with Gasteiger partial charge in [0.15, 0.2) is 0 Å². The van der Waals surface area contributed by atoms with E-state index in [1.54, 1.807) is 12.1 Å². The van der Waals surface area contributed by atoms with Gasteiger partial charge in [-0.05, 0) is 48.1 Å². The monoisotopic (exact) mass is 444 g/mol. The Bertz CT molecular complexity index is 1030. The topological polar surface area (TPSA) is 84.5 Å². The molecule has 0 unspecified atom stereocenters. The van der Waals surface area contributed by atoms with Crippen LogP contribution in [0.15, 0.2) is 84.9 Å². The number of hydrogen-bond donors (Lipinski definition) is 2. The molecule has 0 aromatic heterocycles. The number of benzene rings is 3. The molecule has 0 bridgehead atoms. The Morgan fingerprint density at radius 2 is 1.30 bits per heavy atom. The van der Waals surface area contributed by atoms with Gasteiger partial charge in [-0.15, -0.1) is 0 Å². The SMILES string of the molecule is O=C(CCCC(=O)OCCCc1ccccc1)NNC(=O)c1ccc(-c2ccccc2)cc1. The summed E-state index contributed by atoms with van der Waals surface area (Å²) in [4.78, 5) is 36.0. The Labute approximate surface area is 193 Å². The molecule has 3 aromatic rings. The lowest BCUT2D eigenvalue weighted by Crippen LogP contribution is -2.41. The van der Waals surface area contributed by atoms with Gasteiger partial charge in [0.05, 0.1) is 6.61 Å². The summed E-state index contributed by atoms with van der Waals surface area (Å²) in [6.07, 6.45) is 2.24. The number of rotatable bonds is 10. The molecular weight excluding hydrogens is 416 g/mol. The molecule has 0 atom stereocenters. The van der Waals surface area contributed by atoms with Gasteiger partial charge in [-0.1, -0.05) is 72.8 Å². The van der Waals surface area contributed by atoms with Crippen LogP contribution < -0.4 is 10.9 Å². The number of nitrogens with one attached hydrogen (secondary N) is 2. The Morgan fingerprint density at radius 1 is 0.667 bits per heavy atom. The molecule has 0 spiro atoms. The Balaban J connectivity index is 1.28. The predicted octanol–water partition coefficient (Wildman–Crippen LogP) is 4.46. The van der Waals surface area contributed by atoms with Crippen LogP contribution in [-0.2, 0) is 20.7 Å². The van der Waals surface area contributed by atoms with Gasteiger partial charge < -0.3 is 4.74 Å². The third kappa shape index (κ3) is 8.26. The molecular formula is C27H28N2O4. The van der Waals surface area contributed by atoms with E-state index >= 15 is 0 Å². The van der Waals surface area contributed by atoms with Gasteiger partial charge in [-0.2, -0.15) is 0 Å². The number of esters is 1. The van der Waals surface area contributed by atoms with Gasteiger partial charge in [0.2, 0.25) is 5.91 Å². The summed E-state index contributed by atoms with van der Waals surface area (Å²) < 4.78 is 5.20. The van der Waals surface area contributed by atoms with Crippen LogP contribution in [-0.4, -0.2) is 24.4 Å². The average Bonchev–Trinajstić information content (AvgIpc) is 2.86. The van der Waals surface area contributed by atoms with E-state index in [1.165, 1.54) is 5.56 Å². The molecule has 0 saturated carbocycles. The summed E-state index contributed by atoms with van der Waals surface area (Å²) in [7, 11) is 0. The molecule has 2 amide bonds. The van der Waals surface area contributed by atoms with Gasteiger partial charge in [0.1, 0.15) is 0 Å². The highest BCUT2D eigenvalue weighted by Crippen LogP contribution is 2.19. The van der Waals surface area contributed by atoms with E-state index < -0.39 is 5.91 Å². The van der Waals surface area contributed by atoms with Crippen LogP contribution >= 0.6 is 0 Å². The zero-order valence-electron chi connectivity index (χ0n) is 18.5. The lowest BCUT2D eigenvalue weighted by Gasteiger charge is -2.08. The molecule has 0 aliphatic rings. The van der Waals surface area contributed by atoms with Crippen molar-refractivity contribution in [1.82, 2.24) is 10.9 Å². The fourth-order valence-electron chi connectivity index (χ4n) is 3.28. The molecule has 0 heterocycles. The molecule has 33 heavy (non-hydrogen) atoms. The summed E-state index contributed by atoms with van der Waals surface area (Å²) in [6.45, 7) is 0.360. The smallest absolute Gasteiger partial charge is 0.305 e. The van der Waals surface area contributed by atoms with Gasteiger partial charge in [0, 0.05) is 18.4 Å². The molecule has 6 nitrogen and oxygen atoms in total. The minimum absolute atomic E-state index is 0.117. The van der Waals surface area contributed by atoms with E-state index in [4.69, 9.17) is 4.74 Å². The number of ether oxygens (including phenoxy) is 1.